The van der Waals surface area contributed by atoms with Crippen molar-refractivity contribution in [2.24, 2.45) is 0 Å². The lowest BCUT2D eigenvalue weighted by molar-refractivity contribution is 0.115. The molecule has 0 aliphatic heterocycles. The van der Waals surface area contributed by atoms with Crippen LogP contribution in [-0.4, -0.2) is 23.7 Å². The van der Waals surface area contributed by atoms with E-state index in [1.807, 2.05) is 6.92 Å². The van der Waals surface area contributed by atoms with Gasteiger partial charge in [-0.1, -0.05) is 6.92 Å². The van der Waals surface area contributed by atoms with Crippen LogP contribution in [0.5, 0.6) is 0 Å². The highest BCUT2D eigenvalue weighted by Gasteiger charge is 2.08. The molecule has 1 N–H and O–H groups in total. The summed E-state index contributed by atoms with van der Waals surface area (Å²) < 4.78 is 10.7. The number of halogens is 1. The van der Waals surface area contributed by atoms with Crippen molar-refractivity contribution in [1.82, 2.24) is 9.97 Å². The summed E-state index contributed by atoms with van der Waals surface area (Å²) in [5, 5.41) is 0. The zero-order chi connectivity index (χ0) is 12.0. The first-order chi connectivity index (χ1) is 7.69. The lowest BCUT2D eigenvalue weighted by Crippen LogP contribution is -2.16. The first-order valence-electron chi connectivity index (χ1n) is 5.03. The molecule has 1 heterocycles. The lowest BCUT2D eigenvalue weighted by Gasteiger charge is -2.06. The first-order valence-corrected chi connectivity index (χ1v) is 5.82. The average molecular weight is 291 g/mol. The van der Waals surface area contributed by atoms with Gasteiger partial charge in [-0.2, -0.15) is 0 Å². The van der Waals surface area contributed by atoms with Crippen molar-refractivity contribution < 1.29 is 9.47 Å². The van der Waals surface area contributed by atoms with E-state index in [0.29, 0.717) is 35.8 Å². The molecule has 0 saturated carbocycles. The Morgan fingerprint density at radius 3 is 2.81 bits per heavy atom. The van der Waals surface area contributed by atoms with E-state index in [4.69, 9.17) is 9.47 Å². The van der Waals surface area contributed by atoms with Crippen molar-refractivity contribution in [3.63, 3.8) is 0 Å². The molecule has 0 amide bonds. The maximum atomic E-state index is 11.5. The second kappa shape index (κ2) is 6.78. The molecule has 90 valence electrons. The van der Waals surface area contributed by atoms with Crippen LogP contribution < -0.4 is 5.56 Å². The Morgan fingerprint density at radius 1 is 1.44 bits per heavy atom. The van der Waals surface area contributed by atoms with Crippen LogP contribution in [-0.2, 0) is 22.7 Å². The zero-order valence-corrected chi connectivity index (χ0v) is 11.0. The van der Waals surface area contributed by atoms with Gasteiger partial charge in [0.25, 0.3) is 5.56 Å². The van der Waals surface area contributed by atoms with E-state index in [2.05, 4.69) is 25.9 Å². The molecule has 0 atom stereocenters. The number of H-pyrrole nitrogens is 1. The molecule has 16 heavy (non-hydrogen) atoms. The molecule has 0 fully saturated rings. The number of ether oxygens (including phenoxy) is 2. The second-order valence-electron chi connectivity index (χ2n) is 3.26. The van der Waals surface area contributed by atoms with Gasteiger partial charge in [-0.3, -0.25) is 4.79 Å². The van der Waals surface area contributed by atoms with E-state index in [1.54, 1.807) is 7.11 Å². The Bertz CT molecular complexity index is 392. The first kappa shape index (κ1) is 13.3. The minimum absolute atomic E-state index is 0.211. The molecule has 6 heteroatoms. The molecule has 1 rings (SSSR count). The predicted octanol–water partition coefficient (Wildman–Crippen LogP) is 1.61. The fourth-order valence-electron chi connectivity index (χ4n) is 1.17. The van der Waals surface area contributed by atoms with Gasteiger partial charge in [-0.25, -0.2) is 4.98 Å². The third kappa shape index (κ3) is 3.70. The number of hydrogen-bond acceptors (Lipinski definition) is 4. The van der Waals surface area contributed by atoms with Gasteiger partial charge in [0.15, 0.2) is 0 Å². The van der Waals surface area contributed by atoms with Gasteiger partial charge in [0.05, 0.1) is 12.3 Å². The average Bonchev–Trinajstić information content (AvgIpc) is 2.26. The van der Waals surface area contributed by atoms with Crippen molar-refractivity contribution in [2.75, 3.05) is 13.7 Å². The number of rotatable bonds is 6. The Morgan fingerprint density at radius 2 is 2.19 bits per heavy atom. The van der Waals surface area contributed by atoms with Gasteiger partial charge in [0, 0.05) is 13.7 Å². The van der Waals surface area contributed by atoms with E-state index < -0.39 is 0 Å². The molecule has 1 aromatic rings. The fraction of sp³-hybridized carbons (Fsp3) is 0.600. The highest BCUT2D eigenvalue weighted by atomic mass is 79.9. The lowest BCUT2D eigenvalue weighted by atomic mass is 10.4. The minimum atomic E-state index is -0.211. The van der Waals surface area contributed by atoms with Crippen LogP contribution in [0.3, 0.4) is 0 Å². The monoisotopic (exact) mass is 290 g/mol. The third-order valence-electron chi connectivity index (χ3n) is 1.85. The Hall–Kier alpha value is -0.720. The fourth-order valence-corrected chi connectivity index (χ4v) is 1.47. The van der Waals surface area contributed by atoms with Crippen LogP contribution in [0, 0.1) is 0 Å². The quantitative estimate of drug-likeness (QED) is 0.809. The third-order valence-corrected chi connectivity index (χ3v) is 2.67. The number of nitrogens with zero attached hydrogens (tertiary/aromatic N) is 1. The zero-order valence-electron chi connectivity index (χ0n) is 9.38. The van der Waals surface area contributed by atoms with Crippen LogP contribution >= 0.6 is 15.9 Å². The summed E-state index contributed by atoms with van der Waals surface area (Å²) in [5.41, 5.74) is 0.374. The van der Waals surface area contributed by atoms with Crippen molar-refractivity contribution >= 4 is 15.9 Å². The van der Waals surface area contributed by atoms with Gasteiger partial charge >= 0.3 is 0 Å². The second-order valence-corrected chi connectivity index (χ2v) is 4.05. The summed E-state index contributed by atoms with van der Waals surface area (Å²) >= 11 is 3.17. The number of aromatic amines is 1. The SMILES string of the molecule is CCCOCc1nc(COC)c(Br)c(=O)[nH]1. The van der Waals surface area contributed by atoms with Crippen molar-refractivity contribution in [1.29, 1.82) is 0 Å². The predicted molar refractivity (Wildman–Crippen MR) is 63.2 cm³/mol. The molecular formula is C10H15BrN2O3. The molecule has 0 bridgehead atoms. The summed E-state index contributed by atoms with van der Waals surface area (Å²) in [4.78, 5) is 18.4. The Balaban J connectivity index is 2.82. The van der Waals surface area contributed by atoms with E-state index in [0.717, 1.165) is 6.42 Å². The topological polar surface area (TPSA) is 64.2 Å². The molecular weight excluding hydrogens is 276 g/mol. The summed E-state index contributed by atoms with van der Waals surface area (Å²) in [7, 11) is 1.56. The summed E-state index contributed by atoms with van der Waals surface area (Å²) in [6.45, 7) is 3.28. The molecule has 1 aromatic heterocycles. The van der Waals surface area contributed by atoms with Crippen molar-refractivity contribution in [3.05, 3.63) is 26.3 Å². The van der Waals surface area contributed by atoms with E-state index in [-0.39, 0.29) is 5.56 Å². The van der Waals surface area contributed by atoms with Gasteiger partial charge in [0.2, 0.25) is 0 Å². The number of hydrogen-bond donors (Lipinski definition) is 1. The van der Waals surface area contributed by atoms with Crippen LogP contribution in [0.15, 0.2) is 9.27 Å². The van der Waals surface area contributed by atoms with Crippen LogP contribution in [0.2, 0.25) is 0 Å². The van der Waals surface area contributed by atoms with Crippen LogP contribution in [0.25, 0.3) is 0 Å². The Kier molecular flexibility index (Phi) is 5.65. The highest BCUT2D eigenvalue weighted by molar-refractivity contribution is 9.10. The number of nitrogens with one attached hydrogen (secondary N) is 1. The van der Waals surface area contributed by atoms with Crippen LogP contribution in [0.4, 0.5) is 0 Å². The molecule has 0 aromatic carbocycles. The summed E-state index contributed by atoms with van der Waals surface area (Å²) in [5.74, 6) is 0.522. The molecule has 0 spiro atoms. The van der Waals surface area contributed by atoms with Gasteiger partial charge in [0.1, 0.15) is 16.9 Å². The van der Waals surface area contributed by atoms with Gasteiger partial charge in [-0.15, -0.1) is 0 Å². The van der Waals surface area contributed by atoms with Crippen molar-refractivity contribution in [3.8, 4) is 0 Å². The van der Waals surface area contributed by atoms with E-state index >= 15 is 0 Å². The molecule has 0 aliphatic carbocycles. The maximum absolute atomic E-state index is 11.5. The smallest absolute Gasteiger partial charge is 0.265 e. The van der Waals surface area contributed by atoms with Crippen molar-refractivity contribution in [2.45, 2.75) is 26.6 Å². The standard InChI is InChI=1S/C10H15BrN2O3/c1-3-4-16-6-8-12-7(5-15-2)9(11)10(14)13-8/h3-6H2,1-2H3,(H,12,13,14). The minimum Gasteiger partial charge on any atom is -0.378 e. The summed E-state index contributed by atoms with van der Waals surface area (Å²) in [6.07, 6.45) is 0.936. The largest absolute Gasteiger partial charge is 0.378 e. The van der Waals surface area contributed by atoms with Gasteiger partial charge in [-0.05, 0) is 22.4 Å². The normalized spacial score (nSPS) is 10.7. The maximum Gasteiger partial charge on any atom is 0.265 e. The Labute approximate surface area is 102 Å². The molecule has 0 radical (unpaired) electrons. The van der Waals surface area contributed by atoms with E-state index in [9.17, 15) is 4.79 Å². The molecule has 0 saturated heterocycles. The number of aromatic nitrogens is 2. The van der Waals surface area contributed by atoms with E-state index in [1.165, 1.54) is 0 Å². The highest BCUT2D eigenvalue weighted by Crippen LogP contribution is 2.10. The number of methoxy groups -OCH3 is 1. The molecule has 0 unspecified atom stereocenters. The van der Waals surface area contributed by atoms with Gasteiger partial charge < -0.3 is 14.5 Å². The molecule has 5 nitrogen and oxygen atoms in total. The van der Waals surface area contributed by atoms with Crippen LogP contribution in [0.1, 0.15) is 24.9 Å². The summed E-state index contributed by atoms with van der Waals surface area (Å²) in [6, 6.07) is 0. The molecule has 0 aliphatic rings.